The van der Waals surface area contributed by atoms with Crippen molar-refractivity contribution >= 4 is 21.7 Å². The Hall–Kier alpha value is -1.80. The molecule has 8 heteroatoms. The van der Waals surface area contributed by atoms with Crippen LogP contribution in [-0.2, 0) is 10.0 Å². The summed E-state index contributed by atoms with van der Waals surface area (Å²) in [7, 11) is -1.50. The summed E-state index contributed by atoms with van der Waals surface area (Å²) >= 11 is 0. The molecule has 0 bridgehead atoms. The number of benzene rings is 1. The molecule has 1 aromatic rings. The number of aliphatic imine (C=N–C) groups is 1. The molecular weight excluding hydrogens is 386 g/mol. The van der Waals surface area contributed by atoms with E-state index in [1.54, 1.807) is 14.0 Å². The summed E-state index contributed by atoms with van der Waals surface area (Å²) in [6.07, 6.45) is 3.22. The van der Waals surface area contributed by atoms with E-state index in [1.807, 2.05) is 6.92 Å². The first-order valence-electron chi connectivity index (χ1n) is 10.7. The van der Waals surface area contributed by atoms with E-state index in [2.05, 4.69) is 51.7 Å². The Labute approximate surface area is 176 Å². The van der Waals surface area contributed by atoms with Gasteiger partial charge < -0.3 is 15.5 Å². The predicted octanol–water partition coefficient (Wildman–Crippen LogP) is 2.57. The maximum absolute atomic E-state index is 11.8. The number of anilines is 1. The van der Waals surface area contributed by atoms with Crippen molar-refractivity contribution in [3.05, 3.63) is 29.8 Å². The smallest absolute Gasteiger partial charge is 0.213 e. The van der Waals surface area contributed by atoms with Crippen molar-refractivity contribution in [2.24, 2.45) is 4.99 Å². The zero-order valence-electron chi connectivity index (χ0n) is 18.3. The van der Waals surface area contributed by atoms with E-state index in [0.717, 1.165) is 25.6 Å². The van der Waals surface area contributed by atoms with E-state index in [4.69, 9.17) is 0 Å². The first kappa shape index (κ1) is 23.5. The van der Waals surface area contributed by atoms with Crippen molar-refractivity contribution in [1.29, 1.82) is 0 Å². The summed E-state index contributed by atoms with van der Waals surface area (Å²) in [5.41, 5.74) is 2.52. The number of hydrogen-bond acceptors (Lipinski definition) is 4. The van der Waals surface area contributed by atoms with Gasteiger partial charge in [0.05, 0.1) is 11.8 Å². The molecule has 1 aliphatic rings. The summed E-state index contributed by atoms with van der Waals surface area (Å²) in [5, 5.41) is 6.75. The maximum atomic E-state index is 11.8. The predicted molar refractivity (Wildman–Crippen MR) is 122 cm³/mol. The van der Waals surface area contributed by atoms with Gasteiger partial charge >= 0.3 is 0 Å². The Bertz CT molecular complexity index is 760. The molecule has 0 amide bonds. The molecule has 0 spiro atoms. The molecule has 1 aromatic carbocycles. The van der Waals surface area contributed by atoms with Crippen molar-refractivity contribution in [2.75, 3.05) is 50.4 Å². The summed E-state index contributed by atoms with van der Waals surface area (Å²) in [5.74, 6) is 0.887. The number of rotatable bonds is 10. The standard InChI is InChI=1S/C21H37N5O2S/c1-5-22-21(23-13-10-14-25(4)29(27,28)6-2)24-18(3)19-11-9-12-20(17-19)26-15-7-8-16-26/h9,11-12,17-18H,5-8,10,13-16H2,1-4H3,(H2,22,23,24). The zero-order valence-corrected chi connectivity index (χ0v) is 19.1. The van der Waals surface area contributed by atoms with E-state index in [-0.39, 0.29) is 11.8 Å². The highest BCUT2D eigenvalue weighted by Crippen LogP contribution is 2.23. The molecule has 7 nitrogen and oxygen atoms in total. The number of nitrogens with zero attached hydrogens (tertiary/aromatic N) is 3. The summed E-state index contributed by atoms with van der Waals surface area (Å²) < 4.78 is 25.0. The Morgan fingerprint density at radius 3 is 2.66 bits per heavy atom. The van der Waals surface area contributed by atoms with Crippen LogP contribution in [0.3, 0.4) is 0 Å². The van der Waals surface area contributed by atoms with Gasteiger partial charge in [0.15, 0.2) is 5.96 Å². The minimum atomic E-state index is -3.13. The molecule has 1 heterocycles. The van der Waals surface area contributed by atoms with Gasteiger partial charge in [-0.25, -0.2) is 12.7 Å². The topological polar surface area (TPSA) is 77.0 Å². The lowest BCUT2D eigenvalue weighted by atomic mass is 10.1. The molecule has 2 N–H and O–H groups in total. The molecule has 0 aromatic heterocycles. The van der Waals surface area contributed by atoms with E-state index < -0.39 is 10.0 Å². The Balaban J connectivity index is 1.93. The fourth-order valence-corrected chi connectivity index (χ4v) is 4.27. The lowest BCUT2D eigenvalue weighted by Crippen LogP contribution is -2.39. The van der Waals surface area contributed by atoms with Crippen LogP contribution in [0, 0.1) is 0 Å². The van der Waals surface area contributed by atoms with Gasteiger partial charge in [-0.3, -0.25) is 4.99 Å². The van der Waals surface area contributed by atoms with Gasteiger partial charge in [0.25, 0.3) is 0 Å². The lowest BCUT2D eigenvalue weighted by molar-refractivity contribution is 0.464. The fourth-order valence-electron chi connectivity index (χ4n) is 3.42. The van der Waals surface area contributed by atoms with Gasteiger partial charge in [-0.1, -0.05) is 12.1 Å². The van der Waals surface area contributed by atoms with E-state index in [9.17, 15) is 8.42 Å². The summed E-state index contributed by atoms with van der Waals surface area (Å²) in [6.45, 7) is 9.93. The molecule has 2 rings (SSSR count). The van der Waals surface area contributed by atoms with Crippen LogP contribution in [0.5, 0.6) is 0 Å². The van der Waals surface area contributed by atoms with Crippen molar-refractivity contribution < 1.29 is 8.42 Å². The van der Waals surface area contributed by atoms with Gasteiger partial charge in [-0.2, -0.15) is 0 Å². The second kappa shape index (κ2) is 11.4. The monoisotopic (exact) mass is 423 g/mol. The molecule has 1 fully saturated rings. The normalized spacial score (nSPS) is 16.3. The number of guanidine groups is 1. The van der Waals surface area contributed by atoms with Crippen LogP contribution < -0.4 is 15.5 Å². The third kappa shape index (κ3) is 7.19. The van der Waals surface area contributed by atoms with Crippen LogP contribution in [0.15, 0.2) is 29.3 Å². The molecule has 1 aliphatic heterocycles. The third-order valence-corrected chi connectivity index (χ3v) is 7.14. The Kier molecular flexibility index (Phi) is 9.23. The molecular formula is C21H37N5O2S. The molecule has 0 saturated carbocycles. The molecule has 1 atom stereocenters. The lowest BCUT2D eigenvalue weighted by Gasteiger charge is -2.22. The molecule has 0 aliphatic carbocycles. The van der Waals surface area contributed by atoms with Crippen LogP contribution in [0.2, 0.25) is 0 Å². The third-order valence-electron chi connectivity index (χ3n) is 5.28. The van der Waals surface area contributed by atoms with Crippen molar-refractivity contribution in [2.45, 2.75) is 46.1 Å². The maximum Gasteiger partial charge on any atom is 0.213 e. The van der Waals surface area contributed by atoms with E-state index in [0.29, 0.717) is 19.5 Å². The second-order valence-electron chi connectivity index (χ2n) is 7.49. The van der Waals surface area contributed by atoms with Crippen molar-refractivity contribution in [3.8, 4) is 0 Å². The highest BCUT2D eigenvalue weighted by atomic mass is 32.2. The number of nitrogens with one attached hydrogen (secondary N) is 2. The molecule has 0 radical (unpaired) electrons. The molecule has 29 heavy (non-hydrogen) atoms. The zero-order chi connectivity index (χ0) is 21.3. The van der Waals surface area contributed by atoms with Crippen molar-refractivity contribution in [1.82, 2.24) is 14.9 Å². The molecule has 1 unspecified atom stereocenters. The van der Waals surface area contributed by atoms with Gasteiger partial charge in [0.1, 0.15) is 0 Å². The number of hydrogen-bond donors (Lipinski definition) is 2. The van der Waals surface area contributed by atoms with E-state index in [1.165, 1.54) is 28.4 Å². The number of sulfonamides is 1. The van der Waals surface area contributed by atoms with Crippen LogP contribution in [-0.4, -0.2) is 64.2 Å². The average molecular weight is 424 g/mol. The second-order valence-corrected chi connectivity index (χ2v) is 9.86. The van der Waals surface area contributed by atoms with Gasteiger partial charge in [-0.05, 0) is 57.7 Å². The summed E-state index contributed by atoms with van der Waals surface area (Å²) in [6, 6.07) is 8.83. The highest BCUT2D eigenvalue weighted by molar-refractivity contribution is 7.89. The Morgan fingerprint density at radius 1 is 1.28 bits per heavy atom. The van der Waals surface area contributed by atoms with Gasteiger partial charge in [0.2, 0.25) is 10.0 Å². The largest absolute Gasteiger partial charge is 0.372 e. The minimum absolute atomic E-state index is 0.124. The first-order chi connectivity index (χ1) is 13.9. The molecule has 1 saturated heterocycles. The van der Waals surface area contributed by atoms with E-state index >= 15 is 0 Å². The minimum Gasteiger partial charge on any atom is -0.372 e. The van der Waals surface area contributed by atoms with Crippen molar-refractivity contribution in [3.63, 3.8) is 0 Å². The SMILES string of the molecule is CCNC(=NCCCN(C)S(=O)(=O)CC)NC(C)c1cccc(N2CCCC2)c1. The highest BCUT2D eigenvalue weighted by Gasteiger charge is 2.15. The van der Waals surface area contributed by atoms with Crippen LogP contribution in [0.25, 0.3) is 0 Å². The Morgan fingerprint density at radius 2 is 2.00 bits per heavy atom. The van der Waals surface area contributed by atoms with Gasteiger partial charge in [-0.15, -0.1) is 0 Å². The fraction of sp³-hybridized carbons (Fsp3) is 0.667. The first-order valence-corrected chi connectivity index (χ1v) is 12.3. The quantitative estimate of drug-likeness (QED) is 0.344. The van der Waals surface area contributed by atoms with Gasteiger partial charge in [0, 0.05) is 45.5 Å². The molecule has 164 valence electrons. The van der Waals surface area contributed by atoms with Crippen LogP contribution in [0.1, 0.15) is 51.6 Å². The summed E-state index contributed by atoms with van der Waals surface area (Å²) in [4.78, 5) is 7.06. The average Bonchev–Trinajstić information content (AvgIpc) is 3.26. The van der Waals surface area contributed by atoms with Crippen LogP contribution in [0.4, 0.5) is 5.69 Å². The van der Waals surface area contributed by atoms with Crippen LogP contribution >= 0.6 is 0 Å².